The summed E-state index contributed by atoms with van der Waals surface area (Å²) in [6, 6.07) is 15.1. The highest BCUT2D eigenvalue weighted by atomic mass is 32.2. The maximum Gasteiger partial charge on any atom is 0.251 e. The molecule has 2 aromatic rings. The van der Waals surface area contributed by atoms with Crippen molar-refractivity contribution in [1.29, 1.82) is 0 Å². The van der Waals surface area contributed by atoms with Crippen LogP contribution in [0.3, 0.4) is 0 Å². The Morgan fingerprint density at radius 3 is 2.83 bits per heavy atom. The fourth-order valence-electron chi connectivity index (χ4n) is 2.65. The van der Waals surface area contributed by atoms with Gasteiger partial charge in [0.15, 0.2) is 0 Å². The number of hydrogen-bond acceptors (Lipinski definition) is 4. The van der Waals surface area contributed by atoms with Crippen LogP contribution in [0.25, 0.3) is 0 Å². The molecule has 0 unspecified atom stereocenters. The number of rotatable bonds is 4. The molecular weight excluding hydrogens is 322 g/mol. The van der Waals surface area contributed by atoms with Crippen LogP contribution in [0.1, 0.15) is 10.4 Å². The van der Waals surface area contributed by atoms with Crippen molar-refractivity contribution < 1.29 is 9.59 Å². The summed E-state index contributed by atoms with van der Waals surface area (Å²) in [4.78, 5) is 27.3. The predicted octanol–water partition coefficient (Wildman–Crippen LogP) is 2.60. The molecule has 5 nitrogen and oxygen atoms in total. The molecule has 2 aromatic carbocycles. The number of carbonyl (C=O) groups is 2. The van der Waals surface area contributed by atoms with Gasteiger partial charge >= 0.3 is 0 Å². The molecule has 2 N–H and O–H groups in total. The molecular formula is C18H19N3O2S. The fourth-order valence-corrected chi connectivity index (χ4v) is 3.70. The Labute approximate surface area is 145 Å². The first-order chi connectivity index (χ1) is 11.7. The van der Waals surface area contributed by atoms with E-state index in [1.54, 1.807) is 31.3 Å². The SMILES string of the molecule is CNC(=O)c1cccc(NC(=O)CN2CCSc3ccccc32)c1. The largest absolute Gasteiger partial charge is 0.360 e. The third-order valence-electron chi connectivity index (χ3n) is 3.79. The van der Waals surface area contributed by atoms with Crippen LogP contribution >= 0.6 is 11.8 Å². The van der Waals surface area contributed by atoms with E-state index in [9.17, 15) is 9.59 Å². The van der Waals surface area contributed by atoms with Crippen molar-refractivity contribution >= 4 is 35.0 Å². The molecule has 3 rings (SSSR count). The Balaban J connectivity index is 1.68. The summed E-state index contributed by atoms with van der Waals surface area (Å²) in [5.41, 5.74) is 2.25. The van der Waals surface area contributed by atoms with Gasteiger partial charge in [-0.15, -0.1) is 11.8 Å². The average Bonchev–Trinajstić information content (AvgIpc) is 2.61. The van der Waals surface area contributed by atoms with Crippen molar-refractivity contribution in [2.24, 2.45) is 0 Å². The monoisotopic (exact) mass is 341 g/mol. The number of carbonyl (C=O) groups excluding carboxylic acids is 2. The van der Waals surface area contributed by atoms with Crippen molar-refractivity contribution in [2.75, 3.05) is 36.1 Å². The number of thioether (sulfide) groups is 1. The zero-order chi connectivity index (χ0) is 16.9. The second-order valence-electron chi connectivity index (χ2n) is 5.45. The van der Waals surface area contributed by atoms with Crippen LogP contribution < -0.4 is 15.5 Å². The highest BCUT2D eigenvalue weighted by molar-refractivity contribution is 7.99. The van der Waals surface area contributed by atoms with Crippen molar-refractivity contribution in [3.8, 4) is 0 Å². The first-order valence-electron chi connectivity index (χ1n) is 7.76. The zero-order valence-electron chi connectivity index (χ0n) is 13.4. The number of benzene rings is 2. The number of fused-ring (bicyclic) bond motifs is 1. The number of para-hydroxylation sites is 1. The topological polar surface area (TPSA) is 61.4 Å². The van der Waals surface area contributed by atoms with Crippen molar-refractivity contribution in [1.82, 2.24) is 5.32 Å². The van der Waals surface area contributed by atoms with Gasteiger partial charge in [0.2, 0.25) is 5.91 Å². The molecule has 0 spiro atoms. The molecule has 2 amide bonds. The van der Waals surface area contributed by atoms with E-state index in [1.165, 1.54) is 4.90 Å². The van der Waals surface area contributed by atoms with E-state index in [2.05, 4.69) is 21.6 Å². The summed E-state index contributed by atoms with van der Waals surface area (Å²) in [5.74, 6) is 0.704. The molecule has 0 fully saturated rings. The van der Waals surface area contributed by atoms with Gasteiger partial charge in [-0.1, -0.05) is 18.2 Å². The average molecular weight is 341 g/mol. The Hall–Kier alpha value is -2.47. The van der Waals surface area contributed by atoms with Crippen molar-refractivity contribution in [3.63, 3.8) is 0 Å². The summed E-state index contributed by atoms with van der Waals surface area (Å²) >= 11 is 1.81. The molecule has 6 heteroatoms. The van der Waals surface area contributed by atoms with Crippen LogP contribution in [-0.4, -0.2) is 37.7 Å². The molecule has 0 bridgehead atoms. The first kappa shape index (κ1) is 16.4. The lowest BCUT2D eigenvalue weighted by Gasteiger charge is -2.30. The van der Waals surface area contributed by atoms with Crippen molar-refractivity contribution in [2.45, 2.75) is 4.90 Å². The van der Waals surface area contributed by atoms with E-state index in [4.69, 9.17) is 0 Å². The molecule has 1 heterocycles. The van der Waals surface area contributed by atoms with Crippen LogP contribution in [0.2, 0.25) is 0 Å². The maximum atomic E-state index is 12.4. The van der Waals surface area contributed by atoms with Gasteiger partial charge in [-0.2, -0.15) is 0 Å². The summed E-state index contributed by atoms with van der Waals surface area (Å²) in [7, 11) is 1.58. The molecule has 0 saturated carbocycles. The Bertz CT molecular complexity index is 763. The summed E-state index contributed by atoms with van der Waals surface area (Å²) in [6.45, 7) is 1.13. The standard InChI is InChI=1S/C18H19N3O2S/c1-19-18(23)13-5-4-6-14(11-13)20-17(22)12-21-9-10-24-16-8-3-2-7-15(16)21/h2-8,11H,9-10,12H2,1H3,(H,19,23)(H,20,22). The van der Waals surface area contributed by atoms with Gasteiger partial charge in [0.25, 0.3) is 5.91 Å². The Kier molecular flexibility index (Phi) is 5.05. The highest BCUT2D eigenvalue weighted by Gasteiger charge is 2.19. The third-order valence-corrected chi connectivity index (χ3v) is 4.84. The third kappa shape index (κ3) is 3.71. The van der Waals surface area contributed by atoms with Crippen LogP contribution in [0.15, 0.2) is 53.4 Å². The molecule has 124 valence electrons. The van der Waals surface area contributed by atoms with E-state index in [0.717, 1.165) is 18.0 Å². The normalized spacial score (nSPS) is 13.1. The van der Waals surface area contributed by atoms with Gasteiger partial charge in [-0.05, 0) is 30.3 Å². The zero-order valence-corrected chi connectivity index (χ0v) is 14.2. The highest BCUT2D eigenvalue weighted by Crippen LogP contribution is 2.34. The number of nitrogens with one attached hydrogen (secondary N) is 2. The van der Waals surface area contributed by atoms with Crippen LogP contribution in [-0.2, 0) is 4.79 Å². The number of hydrogen-bond donors (Lipinski definition) is 2. The van der Waals surface area contributed by atoms with Crippen LogP contribution in [0.5, 0.6) is 0 Å². The summed E-state index contributed by atoms with van der Waals surface area (Å²) in [5, 5.41) is 5.45. The van der Waals surface area contributed by atoms with Gasteiger partial charge in [0, 0.05) is 35.5 Å². The minimum absolute atomic E-state index is 0.0919. The lowest BCUT2D eigenvalue weighted by molar-refractivity contribution is -0.115. The minimum atomic E-state index is -0.173. The Morgan fingerprint density at radius 2 is 2.00 bits per heavy atom. The van der Waals surface area contributed by atoms with Crippen LogP contribution in [0.4, 0.5) is 11.4 Å². The van der Waals surface area contributed by atoms with E-state index >= 15 is 0 Å². The Morgan fingerprint density at radius 1 is 1.17 bits per heavy atom. The second-order valence-corrected chi connectivity index (χ2v) is 6.58. The van der Waals surface area contributed by atoms with Gasteiger partial charge in [0.05, 0.1) is 12.2 Å². The van der Waals surface area contributed by atoms with Crippen molar-refractivity contribution in [3.05, 3.63) is 54.1 Å². The van der Waals surface area contributed by atoms with Gasteiger partial charge in [0.1, 0.15) is 0 Å². The van der Waals surface area contributed by atoms with Gasteiger partial charge in [-0.3, -0.25) is 9.59 Å². The molecule has 0 aromatic heterocycles. The first-order valence-corrected chi connectivity index (χ1v) is 8.74. The summed E-state index contributed by atoms with van der Waals surface area (Å²) < 4.78 is 0. The number of anilines is 2. The molecule has 24 heavy (non-hydrogen) atoms. The molecule has 1 aliphatic rings. The quantitative estimate of drug-likeness (QED) is 0.897. The fraction of sp³-hybridized carbons (Fsp3) is 0.222. The number of nitrogens with zero attached hydrogens (tertiary/aromatic N) is 1. The van der Waals surface area contributed by atoms with E-state index < -0.39 is 0 Å². The van der Waals surface area contributed by atoms with E-state index in [0.29, 0.717) is 17.8 Å². The second kappa shape index (κ2) is 7.40. The van der Waals surface area contributed by atoms with E-state index in [1.807, 2.05) is 30.0 Å². The number of amides is 2. The maximum absolute atomic E-state index is 12.4. The van der Waals surface area contributed by atoms with Gasteiger partial charge < -0.3 is 15.5 Å². The molecule has 0 radical (unpaired) electrons. The predicted molar refractivity (Wildman–Crippen MR) is 97.8 cm³/mol. The minimum Gasteiger partial charge on any atom is -0.360 e. The molecule has 0 saturated heterocycles. The van der Waals surface area contributed by atoms with E-state index in [-0.39, 0.29) is 11.8 Å². The lowest BCUT2D eigenvalue weighted by atomic mass is 10.2. The lowest BCUT2D eigenvalue weighted by Crippen LogP contribution is -2.36. The van der Waals surface area contributed by atoms with Crippen LogP contribution in [0, 0.1) is 0 Å². The molecule has 0 aliphatic carbocycles. The summed E-state index contributed by atoms with van der Waals surface area (Å²) in [6.07, 6.45) is 0. The molecule has 0 atom stereocenters. The molecule has 1 aliphatic heterocycles. The smallest absolute Gasteiger partial charge is 0.251 e. The van der Waals surface area contributed by atoms with Gasteiger partial charge in [-0.25, -0.2) is 0 Å².